The Bertz CT molecular complexity index is 746. The van der Waals surface area contributed by atoms with Crippen LogP contribution >= 0.6 is 11.3 Å². The predicted octanol–water partition coefficient (Wildman–Crippen LogP) is 3.45. The molecule has 1 aromatic heterocycles. The van der Waals surface area contributed by atoms with E-state index in [0.717, 1.165) is 62.8 Å². The highest BCUT2D eigenvalue weighted by molar-refractivity contribution is 7.11. The summed E-state index contributed by atoms with van der Waals surface area (Å²) < 4.78 is 10.7. The second-order valence-corrected chi connectivity index (χ2v) is 7.50. The third-order valence-electron chi connectivity index (χ3n) is 4.27. The number of hydrogen-bond acceptors (Lipinski definition) is 5. The first-order valence-electron chi connectivity index (χ1n) is 9.86. The normalized spacial score (nSPS) is 11.4. The van der Waals surface area contributed by atoms with E-state index in [2.05, 4.69) is 40.5 Å². The van der Waals surface area contributed by atoms with Gasteiger partial charge >= 0.3 is 0 Å². The molecule has 0 radical (unpaired) electrons. The van der Waals surface area contributed by atoms with Crippen LogP contribution in [0.2, 0.25) is 0 Å². The van der Waals surface area contributed by atoms with Crippen LogP contribution in [0.15, 0.2) is 29.4 Å². The second-order valence-electron chi connectivity index (χ2n) is 6.30. The molecule has 2 aromatic rings. The number of nitrogens with zero attached hydrogens (tertiary/aromatic N) is 2. The summed E-state index contributed by atoms with van der Waals surface area (Å²) in [4.78, 5) is 10.5. The average molecular weight is 405 g/mol. The standard InChI is InChI=1S/C21H32N4O2S/c1-5-17-15-25-20(28-17)11-13-24-21(22-6-2)23-12-7-8-16-9-10-18(26-3)19(14-16)27-4/h9-10,14-15H,5-8,11-13H2,1-4H3,(H2,22,23,24). The summed E-state index contributed by atoms with van der Waals surface area (Å²) >= 11 is 1.79. The molecule has 0 saturated heterocycles. The maximum atomic E-state index is 5.37. The zero-order chi connectivity index (χ0) is 20.2. The molecule has 1 aromatic carbocycles. The lowest BCUT2D eigenvalue weighted by Crippen LogP contribution is -2.38. The zero-order valence-electron chi connectivity index (χ0n) is 17.4. The minimum absolute atomic E-state index is 0.759. The van der Waals surface area contributed by atoms with Crippen molar-refractivity contribution in [3.05, 3.63) is 39.8 Å². The molecule has 0 aliphatic rings. The summed E-state index contributed by atoms with van der Waals surface area (Å²) in [6.07, 6.45) is 5.87. The van der Waals surface area contributed by atoms with Crippen LogP contribution < -0.4 is 20.1 Å². The summed E-state index contributed by atoms with van der Waals surface area (Å²) in [6.45, 7) is 6.68. The van der Waals surface area contributed by atoms with Gasteiger partial charge in [-0.3, -0.25) is 4.99 Å². The predicted molar refractivity (Wildman–Crippen MR) is 117 cm³/mol. The smallest absolute Gasteiger partial charge is 0.191 e. The Kier molecular flexibility index (Phi) is 9.62. The van der Waals surface area contributed by atoms with E-state index in [4.69, 9.17) is 9.47 Å². The van der Waals surface area contributed by atoms with Gasteiger partial charge in [0.25, 0.3) is 0 Å². The van der Waals surface area contributed by atoms with Crippen molar-refractivity contribution < 1.29 is 9.47 Å². The summed E-state index contributed by atoms with van der Waals surface area (Å²) in [6, 6.07) is 6.06. The molecule has 0 aliphatic carbocycles. The van der Waals surface area contributed by atoms with Gasteiger partial charge in [0.05, 0.1) is 19.2 Å². The Morgan fingerprint density at radius 1 is 1.11 bits per heavy atom. The van der Waals surface area contributed by atoms with Crippen LogP contribution in [0.4, 0.5) is 0 Å². The molecule has 1 heterocycles. The van der Waals surface area contributed by atoms with Crippen LogP contribution in [0.1, 0.15) is 35.7 Å². The number of aliphatic imine (C=N–C) groups is 1. The van der Waals surface area contributed by atoms with Crippen molar-refractivity contribution in [2.45, 2.75) is 39.5 Å². The van der Waals surface area contributed by atoms with E-state index in [0.29, 0.717) is 0 Å². The highest BCUT2D eigenvalue weighted by Crippen LogP contribution is 2.27. The maximum Gasteiger partial charge on any atom is 0.191 e. The van der Waals surface area contributed by atoms with Gasteiger partial charge in [-0.05, 0) is 43.9 Å². The molecule has 6 nitrogen and oxygen atoms in total. The van der Waals surface area contributed by atoms with Crippen LogP contribution in [0.5, 0.6) is 11.5 Å². The van der Waals surface area contributed by atoms with Crippen molar-refractivity contribution in [1.82, 2.24) is 15.6 Å². The van der Waals surface area contributed by atoms with E-state index >= 15 is 0 Å². The van der Waals surface area contributed by atoms with Crippen LogP contribution in [-0.4, -0.2) is 44.8 Å². The van der Waals surface area contributed by atoms with Gasteiger partial charge in [-0.1, -0.05) is 13.0 Å². The molecule has 2 rings (SSSR count). The highest BCUT2D eigenvalue weighted by Gasteiger charge is 2.05. The molecule has 7 heteroatoms. The lowest BCUT2D eigenvalue weighted by Gasteiger charge is -2.11. The molecule has 0 spiro atoms. The third-order valence-corrected chi connectivity index (χ3v) is 5.47. The molecular formula is C21H32N4O2S. The molecule has 28 heavy (non-hydrogen) atoms. The monoisotopic (exact) mass is 404 g/mol. The van der Waals surface area contributed by atoms with E-state index in [1.807, 2.05) is 18.3 Å². The number of ether oxygens (including phenoxy) is 2. The molecule has 0 amide bonds. The molecular weight excluding hydrogens is 372 g/mol. The average Bonchev–Trinajstić information content (AvgIpc) is 3.19. The van der Waals surface area contributed by atoms with Crippen LogP contribution in [0.25, 0.3) is 0 Å². The number of benzene rings is 1. The SMILES string of the molecule is CCNC(=NCCCc1ccc(OC)c(OC)c1)NCCc1ncc(CC)s1. The largest absolute Gasteiger partial charge is 0.493 e. The fourth-order valence-corrected chi connectivity index (χ4v) is 3.63. The van der Waals surface area contributed by atoms with Crippen molar-refractivity contribution in [2.24, 2.45) is 4.99 Å². The van der Waals surface area contributed by atoms with Gasteiger partial charge in [0.2, 0.25) is 0 Å². The summed E-state index contributed by atoms with van der Waals surface area (Å²) in [5, 5.41) is 7.87. The van der Waals surface area contributed by atoms with Crippen molar-refractivity contribution in [2.75, 3.05) is 33.9 Å². The Morgan fingerprint density at radius 2 is 1.93 bits per heavy atom. The van der Waals surface area contributed by atoms with Crippen molar-refractivity contribution in [1.29, 1.82) is 0 Å². The minimum atomic E-state index is 0.759. The molecule has 0 atom stereocenters. The van der Waals surface area contributed by atoms with Gasteiger partial charge in [0, 0.05) is 37.1 Å². The van der Waals surface area contributed by atoms with Crippen LogP contribution in [0, 0.1) is 0 Å². The molecule has 0 fully saturated rings. The Labute approximate surface area is 172 Å². The van der Waals surface area contributed by atoms with Gasteiger partial charge in [0.15, 0.2) is 17.5 Å². The summed E-state index contributed by atoms with van der Waals surface area (Å²) in [5.41, 5.74) is 1.22. The van der Waals surface area contributed by atoms with Gasteiger partial charge in [0.1, 0.15) is 0 Å². The first kappa shape index (κ1) is 22.0. The number of hydrogen-bond donors (Lipinski definition) is 2. The minimum Gasteiger partial charge on any atom is -0.493 e. The zero-order valence-corrected chi connectivity index (χ0v) is 18.2. The van der Waals surface area contributed by atoms with E-state index < -0.39 is 0 Å². The topological polar surface area (TPSA) is 67.8 Å². The van der Waals surface area contributed by atoms with Crippen molar-refractivity contribution in [3.8, 4) is 11.5 Å². The maximum absolute atomic E-state index is 5.37. The third kappa shape index (κ3) is 7.03. The van der Waals surface area contributed by atoms with E-state index in [-0.39, 0.29) is 0 Å². The fraction of sp³-hybridized carbons (Fsp3) is 0.524. The van der Waals surface area contributed by atoms with Crippen molar-refractivity contribution in [3.63, 3.8) is 0 Å². The van der Waals surface area contributed by atoms with Crippen LogP contribution in [0.3, 0.4) is 0 Å². The number of aryl methyl sites for hydroxylation is 2. The van der Waals surface area contributed by atoms with Gasteiger partial charge in [-0.15, -0.1) is 11.3 Å². The van der Waals surface area contributed by atoms with Gasteiger partial charge < -0.3 is 20.1 Å². The molecule has 2 N–H and O–H groups in total. The second kappa shape index (κ2) is 12.2. The van der Waals surface area contributed by atoms with Gasteiger partial charge in [-0.2, -0.15) is 0 Å². The quantitative estimate of drug-likeness (QED) is 0.341. The first-order valence-corrected chi connectivity index (χ1v) is 10.7. The summed E-state index contributed by atoms with van der Waals surface area (Å²) in [7, 11) is 3.31. The fourth-order valence-electron chi connectivity index (χ4n) is 2.77. The number of methoxy groups -OCH3 is 2. The van der Waals surface area contributed by atoms with E-state index in [1.165, 1.54) is 15.4 Å². The number of aromatic nitrogens is 1. The first-order chi connectivity index (χ1) is 13.7. The van der Waals surface area contributed by atoms with E-state index in [9.17, 15) is 0 Å². The molecule has 0 unspecified atom stereocenters. The van der Waals surface area contributed by atoms with Crippen LogP contribution in [-0.2, 0) is 19.3 Å². The summed E-state index contributed by atoms with van der Waals surface area (Å²) in [5.74, 6) is 2.39. The Morgan fingerprint density at radius 3 is 2.61 bits per heavy atom. The lowest BCUT2D eigenvalue weighted by molar-refractivity contribution is 0.354. The Balaban J connectivity index is 1.78. The number of guanidine groups is 1. The molecule has 0 saturated carbocycles. The number of rotatable bonds is 11. The molecule has 0 aliphatic heterocycles. The van der Waals surface area contributed by atoms with Gasteiger partial charge in [-0.25, -0.2) is 4.98 Å². The number of nitrogens with one attached hydrogen (secondary N) is 2. The Hall–Kier alpha value is -2.28. The highest BCUT2D eigenvalue weighted by atomic mass is 32.1. The lowest BCUT2D eigenvalue weighted by atomic mass is 10.1. The number of thiazole rings is 1. The van der Waals surface area contributed by atoms with E-state index in [1.54, 1.807) is 25.6 Å². The molecule has 154 valence electrons. The van der Waals surface area contributed by atoms with Crippen molar-refractivity contribution >= 4 is 17.3 Å². The molecule has 0 bridgehead atoms.